The van der Waals surface area contributed by atoms with E-state index in [-0.39, 0.29) is 23.7 Å². The molecular weight excluding hydrogens is 336 g/mol. The van der Waals surface area contributed by atoms with Crippen molar-refractivity contribution in [3.05, 3.63) is 33.9 Å². The minimum atomic E-state index is -0.498. The molecule has 0 saturated carbocycles. The van der Waals surface area contributed by atoms with Crippen LogP contribution in [0.4, 0.5) is 11.4 Å². The maximum atomic E-state index is 12.2. The molecule has 26 heavy (non-hydrogen) atoms. The van der Waals surface area contributed by atoms with Gasteiger partial charge in [0.25, 0.3) is 11.6 Å². The summed E-state index contributed by atoms with van der Waals surface area (Å²) in [5, 5.41) is 16.6. The standard InChI is InChI=1S/C18H26N4O4/c1-2-9-19-17(23)13-20-18(24)14-7-8-15(16(12-14)22(25)26)21-10-5-3-4-6-11-21/h7-8,12H,2-6,9-11,13H2,1H3,(H,19,23)(H,20,24). The molecule has 0 aliphatic carbocycles. The van der Waals surface area contributed by atoms with E-state index >= 15 is 0 Å². The molecule has 142 valence electrons. The Morgan fingerprint density at radius 3 is 2.46 bits per heavy atom. The first-order valence-corrected chi connectivity index (χ1v) is 9.11. The molecule has 0 atom stereocenters. The zero-order valence-electron chi connectivity index (χ0n) is 15.1. The van der Waals surface area contributed by atoms with Crippen molar-refractivity contribution >= 4 is 23.2 Å². The van der Waals surface area contributed by atoms with Crippen molar-refractivity contribution in [2.24, 2.45) is 0 Å². The first-order valence-electron chi connectivity index (χ1n) is 9.11. The van der Waals surface area contributed by atoms with Gasteiger partial charge in [0.2, 0.25) is 5.91 Å². The Bertz CT molecular complexity index is 655. The summed E-state index contributed by atoms with van der Waals surface area (Å²) in [5.74, 6) is -0.780. The van der Waals surface area contributed by atoms with Crippen molar-refractivity contribution in [1.29, 1.82) is 0 Å². The molecule has 1 aliphatic heterocycles. The zero-order valence-corrected chi connectivity index (χ0v) is 15.1. The van der Waals surface area contributed by atoms with E-state index in [1.807, 2.05) is 11.8 Å². The first-order chi connectivity index (χ1) is 12.5. The van der Waals surface area contributed by atoms with Gasteiger partial charge < -0.3 is 15.5 Å². The summed E-state index contributed by atoms with van der Waals surface area (Å²) in [6.45, 7) is 3.89. The second-order valence-corrected chi connectivity index (χ2v) is 6.39. The fourth-order valence-corrected chi connectivity index (χ4v) is 2.98. The van der Waals surface area contributed by atoms with E-state index in [9.17, 15) is 19.7 Å². The molecule has 0 aromatic heterocycles. The number of carbonyl (C=O) groups excluding carboxylic acids is 2. The summed E-state index contributed by atoms with van der Waals surface area (Å²) in [6.07, 6.45) is 5.08. The van der Waals surface area contributed by atoms with Crippen LogP contribution in [0.5, 0.6) is 0 Å². The van der Waals surface area contributed by atoms with E-state index in [2.05, 4.69) is 10.6 Å². The molecule has 1 heterocycles. The molecule has 1 saturated heterocycles. The molecule has 1 aromatic carbocycles. The van der Waals surface area contributed by atoms with E-state index in [0.717, 1.165) is 45.2 Å². The normalized spacial score (nSPS) is 14.4. The topological polar surface area (TPSA) is 105 Å². The number of hydrogen-bond acceptors (Lipinski definition) is 5. The maximum absolute atomic E-state index is 12.2. The van der Waals surface area contributed by atoms with Crippen LogP contribution in [0.3, 0.4) is 0 Å². The molecule has 8 heteroatoms. The second-order valence-electron chi connectivity index (χ2n) is 6.39. The van der Waals surface area contributed by atoms with Gasteiger partial charge in [-0.05, 0) is 31.4 Å². The number of nitro groups is 1. The van der Waals surface area contributed by atoms with Crippen molar-refractivity contribution < 1.29 is 14.5 Å². The summed E-state index contributed by atoms with van der Waals surface area (Å²) in [6, 6.07) is 4.50. The number of nitrogens with one attached hydrogen (secondary N) is 2. The van der Waals surface area contributed by atoms with Crippen molar-refractivity contribution in [2.75, 3.05) is 31.1 Å². The number of nitro benzene ring substituents is 1. The number of hydrogen-bond donors (Lipinski definition) is 2. The number of carbonyl (C=O) groups is 2. The van der Waals surface area contributed by atoms with Gasteiger partial charge in [0.1, 0.15) is 5.69 Å². The summed E-state index contributed by atoms with van der Waals surface area (Å²) >= 11 is 0. The van der Waals surface area contributed by atoms with Crippen molar-refractivity contribution in [3.63, 3.8) is 0 Å². The fourth-order valence-electron chi connectivity index (χ4n) is 2.98. The molecule has 1 aliphatic rings. The van der Waals surface area contributed by atoms with Crippen LogP contribution in [0.1, 0.15) is 49.4 Å². The van der Waals surface area contributed by atoms with Gasteiger partial charge in [-0.25, -0.2) is 0 Å². The largest absolute Gasteiger partial charge is 0.366 e. The third-order valence-electron chi connectivity index (χ3n) is 4.36. The molecule has 0 unspecified atom stereocenters. The Kier molecular flexibility index (Phi) is 7.37. The maximum Gasteiger partial charge on any atom is 0.293 e. The Balaban J connectivity index is 2.10. The molecule has 2 rings (SSSR count). The van der Waals surface area contributed by atoms with Crippen molar-refractivity contribution in [2.45, 2.75) is 39.0 Å². The van der Waals surface area contributed by atoms with E-state index in [1.165, 1.54) is 6.07 Å². The smallest absolute Gasteiger partial charge is 0.293 e. The van der Waals surface area contributed by atoms with E-state index in [4.69, 9.17) is 0 Å². The van der Waals surface area contributed by atoms with Gasteiger partial charge in [-0.1, -0.05) is 19.8 Å². The van der Waals surface area contributed by atoms with Crippen LogP contribution < -0.4 is 15.5 Å². The van der Waals surface area contributed by atoms with Crippen LogP contribution in [0, 0.1) is 10.1 Å². The number of anilines is 1. The van der Waals surface area contributed by atoms with Gasteiger partial charge in [0.05, 0.1) is 11.5 Å². The number of nitrogens with zero attached hydrogens (tertiary/aromatic N) is 2. The second kappa shape index (κ2) is 9.74. The van der Waals surface area contributed by atoms with E-state index in [0.29, 0.717) is 12.2 Å². The summed E-state index contributed by atoms with van der Waals surface area (Å²) in [5.41, 5.74) is 0.655. The van der Waals surface area contributed by atoms with Gasteiger partial charge >= 0.3 is 0 Å². The molecule has 0 bridgehead atoms. The molecule has 2 amide bonds. The van der Waals surface area contributed by atoms with Gasteiger partial charge in [-0.3, -0.25) is 19.7 Å². The van der Waals surface area contributed by atoms with Gasteiger partial charge in [-0.2, -0.15) is 0 Å². The van der Waals surface area contributed by atoms with E-state index < -0.39 is 10.8 Å². The highest BCUT2D eigenvalue weighted by molar-refractivity contribution is 5.97. The molecule has 1 fully saturated rings. The highest BCUT2D eigenvalue weighted by Gasteiger charge is 2.22. The zero-order chi connectivity index (χ0) is 18.9. The molecule has 2 N–H and O–H groups in total. The number of benzene rings is 1. The summed E-state index contributed by atoms with van der Waals surface area (Å²) < 4.78 is 0. The molecule has 0 radical (unpaired) electrons. The van der Waals surface area contributed by atoms with Gasteiger partial charge in [-0.15, -0.1) is 0 Å². The van der Waals surface area contributed by atoms with Crippen LogP contribution in [0.2, 0.25) is 0 Å². The minimum Gasteiger partial charge on any atom is -0.366 e. The summed E-state index contributed by atoms with van der Waals surface area (Å²) in [4.78, 5) is 36.8. The SMILES string of the molecule is CCCNC(=O)CNC(=O)c1ccc(N2CCCCCC2)c([N+](=O)[O-])c1. The van der Waals surface area contributed by atoms with Crippen LogP contribution >= 0.6 is 0 Å². The monoisotopic (exact) mass is 362 g/mol. The van der Waals surface area contributed by atoms with Crippen LogP contribution in [0.15, 0.2) is 18.2 Å². The highest BCUT2D eigenvalue weighted by atomic mass is 16.6. The predicted octanol–water partition coefficient (Wildman–Crippen LogP) is 2.23. The lowest BCUT2D eigenvalue weighted by Gasteiger charge is -2.22. The Morgan fingerprint density at radius 2 is 1.85 bits per heavy atom. The first kappa shape index (κ1) is 19.7. The average molecular weight is 362 g/mol. The number of amides is 2. The van der Waals surface area contributed by atoms with Gasteiger partial charge in [0, 0.05) is 31.3 Å². The molecule has 0 spiro atoms. The Hall–Kier alpha value is -2.64. The third-order valence-corrected chi connectivity index (χ3v) is 4.36. The lowest BCUT2D eigenvalue weighted by molar-refractivity contribution is -0.384. The van der Waals surface area contributed by atoms with Crippen molar-refractivity contribution in [3.8, 4) is 0 Å². The highest BCUT2D eigenvalue weighted by Crippen LogP contribution is 2.31. The quantitative estimate of drug-likeness (QED) is 0.572. The minimum absolute atomic E-state index is 0.0741. The fraction of sp³-hybridized carbons (Fsp3) is 0.556. The molecular formula is C18H26N4O4. The van der Waals surface area contributed by atoms with Crippen LogP contribution in [0.25, 0.3) is 0 Å². The van der Waals surface area contributed by atoms with E-state index in [1.54, 1.807) is 12.1 Å². The Labute approximate surface area is 153 Å². The van der Waals surface area contributed by atoms with Crippen LogP contribution in [-0.2, 0) is 4.79 Å². The average Bonchev–Trinajstić information content (AvgIpc) is 2.93. The lowest BCUT2D eigenvalue weighted by Crippen LogP contribution is -2.37. The summed E-state index contributed by atoms with van der Waals surface area (Å²) in [7, 11) is 0. The van der Waals surface area contributed by atoms with Crippen LogP contribution in [-0.4, -0.2) is 42.9 Å². The molecule has 1 aromatic rings. The lowest BCUT2D eigenvalue weighted by atomic mass is 10.1. The third kappa shape index (κ3) is 5.44. The number of rotatable bonds is 7. The van der Waals surface area contributed by atoms with Crippen molar-refractivity contribution in [1.82, 2.24) is 10.6 Å². The Morgan fingerprint density at radius 1 is 1.15 bits per heavy atom. The molecule has 8 nitrogen and oxygen atoms in total. The predicted molar refractivity (Wildman–Crippen MR) is 99.4 cm³/mol. The van der Waals surface area contributed by atoms with Gasteiger partial charge in [0.15, 0.2) is 0 Å².